The van der Waals surface area contributed by atoms with E-state index in [2.05, 4.69) is 5.32 Å². The maximum absolute atomic E-state index is 13.7. The van der Waals surface area contributed by atoms with Crippen molar-refractivity contribution in [1.82, 2.24) is 5.32 Å². The van der Waals surface area contributed by atoms with Crippen LogP contribution in [0.2, 0.25) is 0 Å². The van der Waals surface area contributed by atoms with Crippen molar-refractivity contribution in [2.24, 2.45) is 0 Å². The van der Waals surface area contributed by atoms with Crippen LogP contribution in [0.5, 0.6) is 0 Å². The summed E-state index contributed by atoms with van der Waals surface area (Å²) in [6.45, 7) is 6.40. The van der Waals surface area contributed by atoms with Gasteiger partial charge in [0.2, 0.25) is 0 Å². The Morgan fingerprint density at radius 2 is 1.89 bits per heavy atom. The van der Waals surface area contributed by atoms with E-state index in [4.69, 9.17) is 0 Å². The second kappa shape index (κ2) is 6.59. The van der Waals surface area contributed by atoms with Gasteiger partial charge in [0.05, 0.1) is 6.04 Å². The molecule has 1 aromatic rings. The highest BCUT2D eigenvalue weighted by molar-refractivity contribution is 5.27. The van der Waals surface area contributed by atoms with Crippen LogP contribution < -0.4 is 5.32 Å². The Kier molecular flexibility index (Phi) is 5.41. The van der Waals surface area contributed by atoms with Crippen molar-refractivity contribution in [3.8, 4) is 0 Å². The highest BCUT2D eigenvalue weighted by Gasteiger charge is 2.18. The lowest BCUT2D eigenvalue weighted by Gasteiger charge is -2.17. The average Bonchev–Trinajstić information content (AvgIpc) is 2.31. The maximum atomic E-state index is 13.7. The van der Waals surface area contributed by atoms with Crippen molar-refractivity contribution < 1.29 is 13.2 Å². The Labute approximate surface area is 106 Å². The molecule has 4 heteroatoms. The Bertz CT molecular complexity index is 437. The van der Waals surface area contributed by atoms with Crippen LogP contribution in [0.25, 0.3) is 0 Å². The Hall–Kier alpha value is -1.29. The van der Waals surface area contributed by atoms with Gasteiger partial charge < -0.3 is 5.32 Å². The number of nitrogens with one attached hydrogen (secondary N) is 1. The van der Waals surface area contributed by atoms with E-state index in [0.29, 0.717) is 6.54 Å². The fourth-order valence-electron chi connectivity index (χ4n) is 1.67. The zero-order chi connectivity index (χ0) is 13.7. The summed E-state index contributed by atoms with van der Waals surface area (Å²) in [6, 6.07) is 1.79. The molecule has 0 aliphatic rings. The van der Waals surface area contributed by atoms with Crippen molar-refractivity contribution in [3.63, 3.8) is 0 Å². The Balaban J connectivity index is 3.12. The lowest BCUT2D eigenvalue weighted by atomic mass is 10.0. The van der Waals surface area contributed by atoms with Crippen molar-refractivity contribution in [2.45, 2.75) is 33.2 Å². The molecule has 0 aromatic heterocycles. The first-order valence-electron chi connectivity index (χ1n) is 5.99. The largest absolute Gasteiger partial charge is 0.307 e. The fourth-order valence-corrected chi connectivity index (χ4v) is 1.67. The average molecular weight is 257 g/mol. The smallest absolute Gasteiger partial charge is 0.194 e. The van der Waals surface area contributed by atoms with Crippen LogP contribution in [-0.4, -0.2) is 6.54 Å². The van der Waals surface area contributed by atoms with E-state index in [-0.39, 0.29) is 5.56 Å². The molecule has 1 rings (SSSR count). The Morgan fingerprint density at radius 1 is 1.22 bits per heavy atom. The van der Waals surface area contributed by atoms with Gasteiger partial charge in [0, 0.05) is 5.56 Å². The van der Waals surface area contributed by atoms with Crippen molar-refractivity contribution in [3.05, 3.63) is 46.8 Å². The number of rotatable bonds is 5. The second-order valence-electron chi connectivity index (χ2n) is 4.44. The molecule has 0 radical (unpaired) electrons. The summed E-state index contributed by atoms with van der Waals surface area (Å²) in [4.78, 5) is 0. The first-order chi connectivity index (χ1) is 8.47. The van der Waals surface area contributed by atoms with E-state index in [1.165, 1.54) is 6.07 Å². The molecule has 0 spiro atoms. The predicted octanol–water partition coefficient (Wildman–Crippen LogP) is 4.11. The molecular formula is C14H18F3N. The summed E-state index contributed by atoms with van der Waals surface area (Å²) in [5, 5.41) is 3.10. The SMILES string of the molecule is CCCNC(C=C(C)C)c1ccc(F)c(F)c1F. The van der Waals surface area contributed by atoms with Crippen LogP contribution in [0.3, 0.4) is 0 Å². The molecule has 0 saturated carbocycles. The van der Waals surface area contributed by atoms with E-state index in [1.54, 1.807) is 6.08 Å². The van der Waals surface area contributed by atoms with Gasteiger partial charge in [-0.3, -0.25) is 0 Å². The lowest BCUT2D eigenvalue weighted by molar-refractivity contribution is 0.433. The maximum Gasteiger partial charge on any atom is 0.194 e. The molecule has 1 nitrogen and oxygen atoms in total. The van der Waals surface area contributed by atoms with Crippen molar-refractivity contribution in [2.75, 3.05) is 6.54 Å². The van der Waals surface area contributed by atoms with Gasteiger partial charge in [-0.05, 0) is 32.9 Å². The van der Waals surface area contributed by atoms with E-state index in [1.807, 2.05) is 20.8 Å². The second-order valence-corrected chi connectivity index (χ2v) is 4.44. The molecule has 0 aliphatic carbocycles. The summed E-state index contributed by atoms with van der Waals surface area (Å²) < 4.78 is 39.8. The zero-order valence-electron chi connectivity index (χ0n) is 10.9. The summed E-state index contributed by atoms with van der Waals surface area (Å²) in [6.07, 6.45) is 2.67. The van der Waals surface area contributed by atoms with Gasteiger partial charge in [-0.1, -0.05) is 24.6 Å². The standard InChI is InChI=1S/C14H18F3N/c1-4-7-18-12(8-9(2)3)10-5-6-11(15)14(17)13(10)16/h5-6,8,12,18H,4,7H2,1-3H3. The van der Waals surface area contributed by atoms with Gasteiger partial charge in [-0.15, -0.1) is 0 Å². The van der Waals surface area contributed by atoms with Crippen LogP contribution in [0.15, 0.2) is 23.8 Å². The van der Waals surface area contributed by atoms with Crippen molar-refractivity contribution >= 4 is 0 Å². The minimum absolute atomic E-state index is 0.128. The molecule has 0 saturated heterocycles. The van der Waals surface area contributed by atoms with Crippen LogP contribution in [0.4, 0.5) is 13.2 Å². The number of benzene rings is 1. The number of hydrogen-bond acceptors (Lipinski definition) is 1. The van der Waals surface area contributed by atoms with Crippen LogP contribution >= 0.6 is 0 Å². The minimum atomic E-state index is -1.42. The van der Waals surface area contributed by atoms with Crippen molar-refractivity contribution in [1.29, 1.82) is 0 Å². The monoisotopic (exact) mass is 257 g/mol. The summed E-state index contributed by atoms with van der Waals surface area (Å²) in [5.41, 5.74) is 1.11. The van der Waals surface area contributed by atoms with E-state index in [9.17, 15) is 13.2 Å². The molecule has 18 heavy (non-hydrogen) atoms. The van der Waals surface area contributed by atoms with Gasteiger partial charge in [-0.2, -0.15) is 0 Å². The van der Waals surface area contributed by atoms with E-state index in [0.717, 1.165) is 18.1 Å². The number of hydrogen-bond donors (Lipinski definition) is 1. The molecule has 100 valence electrons. The molecule has 0 fully saturated rings. The van der Waals surface area contributed by atoms with Crippen LogP contribution in [0, 0.1) is 17.5 Å². The van der Waals surface area contributed by atoms with E-state index >= 15 is 0 Å². The molecule has 1 unspecified atom stereocenters. The summed E-state index contributed by atoms with van der Waals surface area (Å²) in [5.74, 6) is -3.71. The third-order valence-electron chi connectivity index (χ3n) is 2.51. The normalized spacial score (nSPS) is 12.3. The highest BCUT2D eigenvalue weighted by atomic mass is 19.2. The molecule has 0 bridgehead atoms. The third kappa shape index (κ3) is 3.60. The molecule has 1 N–H and O–H groups in total. The van der Waals surface area contributed by atoms with Gasteiger partial charge in [0.1, 0.15) is 0 Å². The summed E-state index contributed by atoms with van der Waals surface area (Å²) >= 11 is 0. The minimum Gasteiger partial charge on any atom is -0.307 e. The molecule has 0 amide bonds. The molecule has 1 aromatic carbocycles. The highest BCUT2D eigenvalue weighted by Crippen LogP contribution is 2.23. The number of halogens is 3. The number of allylic oxidation sites excluding steroid dienone is 1. The fraction of sp³-hybridized carbons (Fsp3) is 0.429. The van der Waals surface area contributed by atoms with Gasteiger partial charge >= 0.3 is 0 Å². The van der Waals surface area contributed by atoms with Crippen LogP contribution in [0.1, 0.15) is 38.8 Å². The topological polar surface area (TPSA) is 12.0 Å². The molecule has 1 atom stereocenters. The first-order valence-corrected chi connectivity index (χ1v) is 5.99. The summed E-state index contributed by atoms with van der Waals surface area (Å²) in [7, 11) is 0. The predicted molar refractivity (Wildman–Crippen MR) is 66.8 cm³/mol. The van der Waals surface area contributed by atoms with Gasteiger partial charge in [0.25, 0.3) is 0 Å². The van der Waals surface area contributed by atoms with Gasteiger partial charge in [-0.25, -0.2) is 13.2 Å². The zero-order valence-corrected chi connectivity index (χ0v) is 10.9. The van der Waals surface area contributed by atoms with Gasteiger partial charge in [0.15, 0.2) is 17.5 Å². The Morgan fingerprint density at radius 3 is 2.44 bits per heavy atom. The van der Waals surface area contributed by atoms with E-state index < -0.39 is 23.5 Å². The first kappa shape index (κ1) is 14.8. The lowest BCUT2D eigenvalue weighted by Crippen LogP contribution is -2.22. The third-order valence-corrected chi connectivity index (χ3v) is 2.51. The molecule has 0 heterocycles. The quantitative estimate of drug-likeness (QED) is 0.618. The van der Waals surface area contributed by atoms with Crippen LogP contribution in [-0.2, 0) is 0 Å². The molecular weight excluding hydrogens is 239 g/mol. The molecule has 0 aliphatic heterocycles.